The van der Waals surface area contributed by atoms with Crippen molar-refractivity contribution >= 4 is 28.6 Å². The largest absolute Gasteiger partial charge is 0.335 e. The molecule has 5 heteroatoms. The summed E-state index contributed by atoms with van der Waals surface area (Å²) >= 11 is 3.26. The minimum atomic E-state index is -0.472. The Morgan fingerprint density at radius 3 is 3.12 bits per heavy atom. The number of nitrogens with zero attached hydrogens (tertiary/aromatic N) is 1. The summed E-state index contributed by atoms with van der Waals surface area (Å²) < 4.78 is 14.5. The van der Waals surface area contributed by atoms with Crippen LogP contribution < -0.4 is 0 Å². The number of hydrogen-bond donors (Lipinski definition) is 0. The van der Waals surface area contributed by atoms with E-state index in [1.54, 1.807) is 0 Å². The van der Waals surface area contributed by atoms with E-state index < -0.39 is 5.97 Å². The van der Waals surface area contributed by atoms with Gasteiger partial charge in [0.25, 0.3) is 0 Å². The summed E-state index contributed by atoms with van der Waals surface area (Å²) in [5.41, 5.74) is 1.59. The fourth-order valence-electron chi connectivity index (χ4n) is 2.29. The molecule has 0 spiro atoms. The quantitative estimate of drug-likeness (QED) is 0.488. The molecule has 1 aromatic rings. The zero-order chi connectivity index (χ0) is 12.4. The van der Waals surface area contributed by atoms with Gasteiger partial charge in [0, 0.05) is 11.2 Å². The van der Waals surface area contributed by atoms with Crippen molar-refractivity contribution in [1.82, 2.24) is 0 Å². The van der Waals surface area contributed by atoms with E-state index >= 15 is 0 Å². The fourth-order valence-corrected chi connectivity index (χ4v) is 2.77. The first-order valence-corrected chi connectivity index (χ1v) is 6.04. The number of rotatable bonds is 3. The van der Waals surface area contributed by atoms with Crippen LogP contribution in [0.4, 0.5) is 4.39 Å². The van der Waals surface area contributed by atoms with E-state index in [1.165, 1.54) is 6.07 Å². The standard InChI is InChI=1S/C12H11BrFNO2/c1-15-17-11(16)5-8-3-2-7-4-9(13)6-10(14)12(7)8/h4,6,8H,1-3,5H2. The average Bonchev–Trinajstić information content (AvgIpc) is 2.61. The van der Waals surface area contributed by atoms with E-state index in [-0.39, 0.29) is 18.2 Å². The van der Waals surface area contributed by atoms with Gasteiger partial charge in [0.1, 0.15) is 5.82 Å². The van der Waals surface area contributed by atoms with E-state index in [0.717, 1.165) is 22.9 Å². The van der Waals surface area contributed by atoms with Gasteiger partial charge in [0.15, 0.2) is 0 Å². The zero-order valence-corrected chi connectivity index (χ0v) is 10.7. The van der Waals surface area contributed by atoms with Crippen LogP contribution in [-0.2, 0) is 16.1 Å². The molecule has 0 bridgehead atoms. The molecule has 0 heterocycles. The fraction of sp³-hybridized carbons (Fsp3) is 0.333. The molecule has 0 saturated carbocycles. The molecule has 0 amide bonds. The summed E-state index contributed by atoms with van der Waals surface area (Å²) in [5, 5.41) is 3.07. The van der Waals surface area contributed by atoms with Gasteiger partial charge in [-0.2, -0.15) is 0 Å². The highest BCUT2D eigenvalue weighted by molar-refractivity contribution is 9.10. The summed E-state index contributed by atoms with van der Waals surface area (Å²) in [6.45, 7) is 3.08. The topological polar surface area (TPSA) is 38.7 Å². The number of fused-ring (bicyclic) bond motifs is 1. The Hall–Kier alpha value is -1.23. The summed E-state index contributed by atoms with van der Waals surface area (Å²) in [6, 6.07) is 3.32. The molecule has 17 heavy (non-hydrogen) atoms. The van der Waals surface area contributed by atoms with Crippen LogP contribution in [0.25, 0.3) is 0 Å². The highest BCUT2D eigenvalue weighted by Gasteiger charge is 2.28. The summed E-state index contributed by atoms with van der Waals surface area (Å²) in [4.78, 5) is 15.7. The highest BCUT2D eigenvalue weighted by atomic mass is 79.9. The van der Waals surface area contributed by atoms with Crippen LogP contribution in [0.5, 0.6) is 0 Å². The van der Waals surface area contributed by atoms with E-state index in [9.17, 15) is 9.18 Å². The van der Waals surface area contributed by atoms with E-state index in [1.807, 2.05) is 6.07 Å². The molecule has 90 valence electrons. The Bertz CT molecular complexity index is 476. The number of carbonyl (C=O) groups is 1. The van der Waals surface area contributed by atoms with Crippen LogP contribution in [0.3, 0.4) is 0 Å². The molecule has 1 atom stereocenters. The second-order valence-corrected chi connectivity index (χ2v) is 4.91. The molecule has 1 aromatic carbocycles. The molecule has 1 unspecified atom stereocenters. The van der Waals surface area contributed by atoms with Gasteiger partial charge in [-0.25, -0.2) is 9.18 Å². The molecular weight excluding hydrogens is 289 g/mol. The number of benzene rings is 1. The van der Waals surface area contributed by atoms with Gasteiger partial charge in [0.2, 0.25) is 0 Å². The minimum absolute atomic E-state index is 0.118. The normalized spacial score (nSPS) is 17.6. The Kier molecular flexibility index (Phi) is 3.57. The number of hydrogen-bond acceptors (Lipinski definition) is 3. The van der Waals surface area contributed by atoms with Gasteiger partial charge in [-0.1, -0.05) is 21.1 Å². The number of aryl methyl sites for hydroxylation is 1. The molecule has 2 rings (SSSR count). The molecule has 0 saturated heterocycles. The van der Waals surface area contributed by atoms with Gasteiger partial charge in [-0.3, -0.25) is 0 Å². The zero-order valence-electron chi connectivity index (χ0n) is 9.08. The van der Waals surface area contributed by atoms with E-state index in [2.05, 4.69) is 32.6 Å². The Labute approximate surface area is 107 Å². The second kappa shape index (κ2) is 4.96. The molecule has 0 N–H and O–H groups in total. The van der Waals surface area contributed by atoms with Gasteiger partial charge in [-0.05, 0) is 42.0 Å². The van der Waals surface area contributed by atoms with Crippen molar-refractivity contribution in [2.75, 3.05) is 0 Å². The molecular formula is C12H11BrFNO2. The van der Waals surface area contributed by atoms with Crippen molar-refractivity contribution in [2.45, 2.75) is 25.2 Å². The van der Waals surface area contributed by atoms with Crippen LogP contribution in [0.15, 0.2) is 21.8 Å². The molecule has 0 aromatic heterocycles. The molecule has 1 aliphatic rings. The molecule has 1 aliphatic carbocycles. The maximum absolute atomic E-state index is 13.8. The minimum Gasteiger partial charge on any atom is -0.319 e. The van der Waals surface area contributed by atoms with Crippen LogP contribution >= 0.6 is 15.9 Å². The Balaban J connectivity index is 2.22. The smallest absolute Gasteiger partial charge is 0.319 e. The van der Waals surface area contributed by atoms with Crippen molar-refractivity contribution in [1.29, 1.82) is 0 Å². The predicted octanol–water partition coefficient (Wildman–Crippen LogP) is 3.17. The third-order valence-electron chi connectivity index (χ3n) is 2.93. The maximum Gasteiger partial charge on any atom is 0.335 e. The first kappa shape index (κ1) is 12.2. The highest BCUT2D eigenvalue weighted by Crippen LogP contribution is 2.38. The average molecular weight is 300 g/mol. The predicted molar refractivity (Wildman–Crippen MR) is 65.4 cm³/mol. The third kappa shape index (κ3) is 2.54. The monoisotopic (exact) mass is 299 g/mol. The molecule has 0 radical (unpaired) electrons. The van der Waals surface area contributed by atoms with Gasteiger partial charge < -0.3 is 4.84 Å². The van der Waals surface area contributed by atoms with E-state index in [0.29, 0.717) is 5.56 Å². The first-order chi connectivity index (χ1) is 8.11. The lowest BCUT2D eigenvalue weighted by Crippen LogP contribution is -2.07. The van der Waals surface area contributed by atoms with Crippen LogP contribution in [0, 0.1) is 5.82 Å². The van der Waals surface area contributed by atoms with Crippen LogP contribution in [0.1, 0.15) is 29.9 Å². The molecule has 0 fully saturated rings. The molecule has 0 aliphatic heterocycles. The summed E-state index contributed by atoms with van der Waals surface area (Å²) in [5.74, 6) is -0.858. The molecule has 3 nitrogen and oxygen atoms in total. The number of oxime groups is 1. The van der Waals surface area contributed by atoms with Crippen LogP contribution in [-0.4, -0.2) is 12.7 Å². The Morgan fingerprint density at radius 1 is 1.65 bits per heavy atom. The van der Waals surface area contributed by atoms with Crippen molar-refractivity contribution in [3.63, 3.8) is 0 Å². The van der Waals surface area contributed by atoms with Crippen molar-refractivity contribution in [2.24, 2.45) is 5.16 Å². The maximum atomic E-state index is 13.8. The van der Waals surface area contributed by atoms with E-state index in [4.69, 9.17) is 0 Å². The van der Waals surface area contributed by atoms with Gasteiger partial charge in [-0.15, -0.1) is 0 Å². The lowest BCUT2D eigenvalue weighted by molar-refractivity contribution is -0.144. The van der Waals surface area contributed by atoms with Gasteiger partial charge >= 0.3 is 5.97 Å². The first-order valence-electron chi connectivity index (χ1n) is 5.25. The lowest BCUT2D eigenvalue weighted by Gasteiger charge is -2.10. The van der Waals surface area contributed by atoms with Crippen LogP contribution in [0.2, 0.25) is 0 Å². The Morgan fingerprint density at radius 2 is 2.41 bits per heavy atom. The lowest BCUT2D eigenvalue weighted by atomic mass is 9.97. The summed E-state index contributed by atoms with van der Waals surface area (Å²) in [6.07, 6.45) is 1.69. The third-order valence-corrected chi connectivity index (χ3v) is 3.39. The SMILES string of the molecule is C=NOC(=O)CC1CCc2cc(Br)cc(F)c21. The number of carbonyl (C=O) groups excluding carboxylic acids is 1. The van der Waals surface area contributed by atoms with Crippen molar-refractivity contribution < 1.29 is 14.0 Å². The van der Waals surface area contributed by atoms with Crippen molar-refractivity contribution in [3.05, 3.63) is 33.5 Å². The number of halogens is 2. The summed E-state index contributed by atoms with van der Waals surface area (Å²) in [7, 11) is 0. The van der Waals surface area contributed by atoms with Crippen molar-refractivity contribution in [3.8, 4) is 0 Å². The second-order valence-electron chi connectivity index (χ2n) is 3.99. The van der Waals surface area contributed by atoms with Gasteiger partial charge in [0.05, 0.1) is 6.42 Å².